The standard InChI is InChI=1S/C17H19N3O2/c21-17(16-8-9-18-22-16)20-13-11-19(12-14-20)10-4-7-15-5-2-1-3-6-15/h1-9H,10-14H2/b7-4+. The highest BCUT2D eigenvalue weighted by Crippen LogP contribution is 2.08. The Bertz CT molecular complexity index is 615. The number of hydrogen-bond acceptors (Lipinski definition) is 4. The van der Waals surface area contributed by atoms with Crippen LogP contribution in [0.2, 0.25) is 0 Å². The van der Waals surface area contributed by atoms with Gasteiger partial charge in [-0.05, 0) is 5.56 Å². The normalized spacial score (nSPS) is 16.3. The number of hydrogen-bond donors (Lipinski definition) is 0. The van der Waals surface area contributed by atoms with E-state index in [9.17, 15) is 4.79 Å². The third-order valence-corrected chi connectivity index (χ3v) is 3.78. The van der Waals surface area contributed by atoms with E-state index in [1.165, 1.54) is 11.8 Å². The number of carbonyl (C=O) groups is 1. The van der Waals surface area contributed by atoms with Gasteiger partial charge in [-0.3, -0.25) is 9.69 Å². The van der Waals surface area contributed by atoms with E-state index in [0.717, 1.165) is 32.7 Å². The van der Waals surface area contributed by atoms with Gasteiger partial charge < -0.3 is 9.42 Å². The molecule has 0 radical (unpaired) electrons. The van der Waals surface area contributed by atoms with Crippen molar-refractivity contribution >= 4 is 12.0 Å². The lowest BCUT2D eigenvalue weighted by molar-refractivity contribution is 0.0609. The van der Waals surface area contributed by atoms with E-state index in [4.69, 9.17) is 4.52 Å². The van der Waals surface area contributed by atoms with Crippen molar-refractivity contribution in [1.82, 2.24) is 15.0 Å². The molecule has 0 bridgehead atoms. The summed E-state index contributed by atoms with van der Waals surface area (Å²) >= 11 is 0. The molecule has 0 spiro atoms. The van der Waals surface area contributed by atoms with Gasteiger partial charge in [0.1, 0.15) is 0 Å². The Morgan fingerprint density at radius 2 is 1.91 bits per heavy atom. The van der Waals surface area contributed by atoms with Gasteiger partial charge in [-0.15, -0.1) is 0 Å². The number of benzene rings is 1. The summed E-state index contributed by atoms with van der Waals surface area (Å²) in [5, 5.41) is 3.58. The molecule has 1 saturated heterocycles. The number of piperazine rings is 1. The molecule has 0 aliphatic carbocycles. The highest BCUT2D eigenvalue weighted by Gasteiger charge is 2.23. The Kier molecular flexibility index (Phi) is 4.65. The minimum absolute atomic E-state index is 0.0722. The average molecular weight is 297 g/mol. The molecule has 1 aromatic carbocycles. The van der Waals surface area contributed by atoms with Crippen LogP contribution >= 0.6 is 0 Å². The summed E-state index contributed by atoms with van der Waals surface area (Å²) in [6.07, 6.45) is 5.80. The van der Waals surface area contributed by atoms with Crippen molar-refractivity contribution in [3.63, 3.8) is 0 Å². The zero-order valence-corrected chi connectivity index (χ0v) is 12.4. The summed E-state index contributed by atoms with van der Waals surface area (Å²) < 4.78 is 4.92. The summed E-state index contributed by atoms with van der Waals surface area (Å²) in [5.41, 5.74) is 1.21. The van der Waals surface area contributed by atoms with Crippen molar-refractivity contribution < 1.29 is 9.32 Å². The van der Waals surface area contributed by atoms with Gasteiger partial charge in [0, 0.05) is 38.8 Å². The Morgan fingerprint density at radius 1 is 1.14 bits per heavy atom. The second-order valence-electron chi connectivity index (χ2n) is 5.28. The second kappa shape index (κ2) is 7.04. The number of nitrogens with zero attached hydrogens (tertiary/aromatic N) is 3. The van der Waals surface area contributed by atoms with Crippen molar-refractivity contribution in [1.29, 1.82) is 0 Å². The predicted molar refractivity (Wildman–Crippen MR) is 84.3 cm³/mol. The van der Waals surface area contributed by atoms with Gasteiger partial charge in [0.15, 0.2) is 0 Å². The molecule has 1 aliphatic rings. The van der Waals surface area contributed by atoms with E-state index < -0.39 is 0 Å². The lowest BCUT2D eigenvalue weighted by Gasteiger charge is -2.33. The van der Waals surface area contributed by atoms with Crippen LogP contribution in [-0.4, -0.2) is 53.6 Å². The topological polar surface area (TPSA) is 49.6 Å². The van der Waals surface area contributed by atoms with Crippen LogP contribution in [0.3, 0.4) is 0 Å². The van der Waals surface area contributed by atoms with Crippen LogP contribution in [0.5, 0.6) is 0 Å². The average Bonchev–Trinajstić information content (AvgIpc) is 3.10. The quantitative estimate of drug-likeness (QED) is 0.867. The van der Waals surface area contributed by atoms with Gasteiger partial charge in [-0.1, -0.05) is 47.6 Å². The fourth-order valence-corrected chi connectivity index (χ4v) is 2.52. The van der Waals surface area contributed by atoms with Crippen LogP contribution in [0.25, 0.3) is 6.08 Å². The van der Waals surface area contributed by atoms with E-state index in [0.29, 0.717) is 5.76 Å². The second-order valence-corrected chi connectivity index (χ2v) is 5.28. The molecule has 22 heavy (non-hydrogen) atoms. The zero-order valence-electron chi connectivity index (χ0n) is 12.4. The molecular formula is C17H19N3O2. The third kappa shape index (κ3) is 3.62. The van der Waals surface area contributed by atoms with Crippen LogP contribution < -0.4 is 0 Å². The molecule has 5 heteroatoms. The van der Waals surface area contributed by atoms with Crippen LogP contribution in [0.15, 0.2) is 53.2 Å². The lowest BCUT2D eigenvalue weighted by Crippen LogP contribution is -2.48. The van der Waals surface area contributed by atoms with Crippen LogP contribution in [0.4, 0.5) is 0 Å². The molecular weight excluding hydrogens is 278 g/mol. The molecule has 3 rings (SSSR count). The first-order valence-electron chi connectivity index (χ1n) is 7.47. The molecule has 1 fully saturated rings. The van der Waals surface area contributed by atoms with Crippen LogP contribution in [-0.2, 0) is 0 Å². The maximum Gasteiger partial charge on any atom is 0.292 e. The minimum atomic E-state index is -0.0722. The first kappa shape index (κ1) is 14.5. The van der Waals surface area contributed by atoms with Crippen LogP contribution in [0, 0.1) is 0 Å². The minimum Gasteiger partial charge on any atom is -0.351 e. The maximum atomic E-state index is 12.1. The highest BCUT2D eigenvalue weighted by atomic mass is 16.5. The smallest absolute Gasteiger partial charge is 0.292 e. The maximum absolute atomic E-state index is 12.1. The summed E-state index contributed by atoms with van der Waals surface area (Å²) in [6, 6.07) is 11.9. The largest absolute Gasteiger partial charge is 0.351 e. The van der Waals surface area contributed by atoms with Crippen molar-refractivity contribution in [3.05, 3.63) is 60.0 Å². The van der Waals surface area contributed by atoms with Gasteiger partial charge in [-0.2, -0.15) is 0 Å². The highest BCUT2D eigenvalue weighted by molar-refractivity contribution is 5.91. The van der Waals surface area contributed by atoms with E-state index in [1.807, 2.05) is 23.1 Å². The molecule has 0 N–H and O–H groups in total. The molecule has 1 amide bonds. The predicted octanol–water partition coefficient (Wildman–Crippen LogP) is 2.15. The molecule has 2 heterocycles. The summed E-state index contributed by atoms with van der Waals surface area (Å²) in [4.78, 5) is 16.3. The Balaban J connectivity index is 1.46. The summed E-state index contributed by atoms with van der Waals surface area (Å²) in [7, 11) is 0. The van der Waals surface area contributed by atoms with E-state index in [1.54, 1.807) is 6.07 Å². The number of amides is 1. The SMILES string of the molecule is O=C(c1ccno1)N1CCN(C/C=C/c2ccccc2)CC1. The summed E-state index contributed by atoms with van der Waals surface area (Å²) in [5.74, 6) is 0.245. The molecule has 5 nitrogen and oxygen atoms in total. The fourth-order valence-electron chi connectivity index (χ4n) is 2.52. The Morgan fingerprint density at radius 3 is 2.59 bits per heavy atom. The van der Waals surface area contributed by atoms with Gasteiger partial charge >= 0.3 is 0 Å². The molecule has 2 aromatic rings. The Labute approximate surface area is 129 Å². The van der Waals surface area contributed by atoms with Gasteiger partial charge in [0.2, 0.25) is 5.76 Å². The van der Waals surface area contributed by atoms with Gasteiger partial charge in [0.25, 0.3) is 5.91 Å². The first-order valence-corrected chi connectivity index (χ1v) is 7.47. The first-order chi connectivity index (χ1) is 10.8. The van der Waals surface area contributed by atoms with Gasteiger partial charge in [0.05, 0.1) is 6.20 Å². The lowest BCUT2D eigenvalue weighted by atomic mass is 10.2. The van der Waals surface area contributed by atoms with Crippen molar-refractivity contribution in [2.24, 2.45) is 0 Å². The number of aromatic nitrogens is 1. The molecule has 114 valence electrons. The molecule has 1 aromatic heterocycles. The number of rotatable bonds is 4. The van der Waals surface area contributed by atoms with E-state index in [-0.39, 0.29) is 5.91 Å². The zero-order chi connectivity index (χ0) is 15.2. The van der Waals surface area contributed by atoms with Crippen molar-refractivity contribution in [3.8, 4) is 0 Å². The van der Waals surface area contributed by atoms with Crippen LogP contribution in [0.1, 0.15) is 16.1 Å². The van der Waals surface area contributed by atoms with Crippen molar-refractivity contribution in [2.45, 2.75) is 0 Å². The molecule has 1 aliphatic heterocycles. The summed E-state index contributed by atoms with van der Waals surface area (Å²) in [6.45, 7) is 4.09. The molecule has 0 unspecified atom stereocenters. The Hall–Kier alpha value is -2.40. The van der Waals surface area contributed by atoms with E-state index >= 15 is 0 Å². The molecule has 0 saturated carbocycles. The fraction of sp³-hybridized carbons (Fsp3) is 0.294. The monoisotopic (exact) mass is 297 g/mol. The van der Waals surface area contributed by atoms with Gasteiger partial charge in [-0.25, -0.2) is 0 Å². The third-order valence-electron chi connectivity index (χ3n) is 3.78. The van der Waals surface area contributed by atoms with E-state index in [2.05, 4.69) is 34.3 Å². The molecule has 0 atom stereocenters. The number of carbonyl (C=O) groups excluding carboxylic acids is 1. The van der Waals surface area contributed by atoms with Crippen molar-refractivity contribution in [2.75, 3.05) is 32.7 Å².